The second kappa shape index (κ2) is 6.82. The van der Waals surface area contributed by atoms with Gasteiger partial charge in [-0.05, 0) is 23.8 Å². The van der Waals surface area contributed by atoms with Crippen LogP contribution in [-0.2, 0) is 0 Å². The second-order valence-corrected chi connectivity index (χ2v) is 5.75. The quantitative estimate of drug-likeness (QED) is 0.623. The van der Waals surface area contributed by atoms with Crippen molar-refractivity contribution in [3.63, 3.8) is 0 Å². The van der Waals surface area contributed by atoms with Crippen LogP contribution in [-0.4, -0.2) is 18.1 Å². The van der Waals surface area contributed by atoms with E-state index in [1.54, 1.807) is 11.8 Å². The van der Waals surface area contributed by atoms with Gasteiger partial charge in [0.25, 0.3) is 0 Å². The van der Waals surface area contributed by atoms with Gasteiger partial charge in [0, 0.05) is 22.9 Å². The lowest BCUT2D eigenvalue weighted by Gasteiger charge is -2.17. The number of benzene rings is 1. The van der Waals surface area contributed by atoms with E-state index in [-0.39, 0.29) is 17.6 Å². The fourth-order valence-corrected chi connectivity index (χ4v) is 2.44. The first-order valence-corrected chi connectivity index (χ1v) is 7.05. The van der Waals surface area contributed by atoms with Crippen molar-refractivity contribution in [1.82, 2.24) is 0 Å². The predicted molar refractivity (Wildman–Crippen MR) is 74.6 cm³/mol. The van der Waals surface area contributed by atoms with Gasteiger partial charge in [-0.15, -0.1) is 11.8 Å². The van der Waals surface area contributed by atoms with Gasteiger partial charge in [0.1, 0.15) is 0 Å². The van der Waals surface area contributed by atoms with E-state index in [4.69, 9.17) is 5.73 Å². The molecule has 2 nitrogen and oxygen atoms in total. The average Bonchev–Trinajstić information content (AvgIpc) is 2.30. The van der Waals surface area contributed by atoms with Gasteiger partial charge in [0.05, 0.1) is 0 Å². The Hall–Kier alpha value is -0.800. The molecular weight excluding hydrogens is 230 g/mol. The number of hydrogen-bond donors (Lipinski definition) is 1. The lowest BCUT2D eigenvalue weighted by molar-refractivity contribution is 0.0892. The van der Waals surface area contributed by atoms with E-state index in [1.165, 1.54) is 4.90 Å². The van der Waals surface area contributed by atoms with E-state index in [2.05, 4.69) is 6.92 Å². The van der Waals surface area contributed by atoms with Gasteiger partial charge in [-0.25, -0.2) is 0 Å². The van der Waals surface area contributed by atoms with Crippen LogP contribution in [0.4, 0.5) is 0 Å². The van der Waals surface area contributed by atoms with E-state index in [0.717, 1.165) is 11.3 Å². The first kappa shape index (κ1) is 14.3. The van der Waals surface area contributed by atoms with E-state index in [0.29, 0.717) is 6.54 Å². The maximum absolute atomic E-state index is 12.2. The molecule has 3 heteroatoms. The Morgan fingerprint density at radius 3 is 2.29 bits per heavy atom. The normalized spacial score (nSPS) is 12.8. The maximum atomic E-state index is 12.2. The van der Waals surface area contributed by atoms with Crippen LogP contribution in [0.1, 0.15) is 31.1 Å². The van der Waals surface area contributed by atoms with E-state index >= 15 is 0 Å². The molecule has 0 aliphatic carbocycles. The Morgan fingerprint density at radius 1 is 1.29 bits per heavy atom. The predicted octanol–water partition coefficient (Wildman–Crippen LogP) is 3.21. The highest BCUT2D eigenvalue weighted by Crippen LogP contribution is 2.21. The molecule has 17 heavy (non-hydrogen) atoms. The third-order valence-electron chi connectivity index (χ3n) is 2.85. The lowest BCUT2D eigenvalue weighted by Crippen LogP contribution is -2.28. The minimum atomic E-state index is -0.0697. The highest BCUT2D eigenvalue weighted by Gasteiger charge is 2.21. The summed E-state index contributed by atoms with van der Waals surface area (Å²) in [5, 5.41) is 0. The average molecular weight is 251 g/mol. The molecule has 0 aliphatic heterocycles. The zero-order valence-electron chi connectivity index (χ0n) is 10.8. The Morgan fingerprint density at radius 2 is 1.88 bits per heavy atom. The Kier molecular flexibility index (Phi) is 5.72. The summed E-state index contributed by atoms with van der Waals surface area (Å²) >= 11 is 1.78. The lowest BCUT2D eigenvalue weighted by atomic mass is 9.88. The van der Waals surface area contributed by atoms with Gasteiger partial charge in [0.15, 0.2) is 5.78 Å². The van der Waals surface area contributed by atoms with Crippen molar-refractivity contribution in [1.29, 1.82) is 0 Å². The monoisotopic (exact) mass is 251 g/mol. The van der Waals surface area contributed by atoms with Gasteiger partial charge in [0.2, 0.25) is 0 Å². The first-order valence-electron chi connectivity index (χ1n) is 6.07. The van der Waals surface area contributed by atoms with Crippen LogP contribution in [0.5, 0.6) is 0 Å². The van der Waals surface area contributed by atoms with Crippen LogP contribution in [0.2, 0.25) is 0 Å². The van der Waals surface area contributed by atoms with E-state index < -0.39 is 0 Å². The van der Waals surface area contributed by atoms with Crippen molar-refractivity contribution in [2.24, 2.45) is 17.6 Å². The standard InChI is InChI=1S/C14H21NOS/c1-4-17-12-7-5-11(6-8-12)14(16)13(9-15)10(2)3/h5-8,10,13H,4,9,15H2,1-3H3. The van der Waals surface area contributed by atoms with Crippen LogP contribution in [0, 0.1) is 11.8 Å². The molecule has 1 aromatic carbocycles. The fraction of sp³-hybridized carbons (Fsp3) is 0.500. The minimum absolute atomic E-state index is 0.0697. The third-order valence-corrected chi connectivity index (χ3v) is 3.74. The van der Waals surface area contributed by atoms with Crippen molar-refractivity contribution in [2.75, 3.05) is 12.3 Å². The molecule has 0 heterocycles. The number of rotatable bonds is 6. The summed E-state index contributed by atoms with van der Waals surface area (Å²) in [6.45, 7) is 6.61. The van der Waals surface area contributed by atoms with E-state index in [9.17, 15) is 4.79 Å². The maximum Gasteiger partial charge on any atom is 0.167 e. The molecule has 0 saturated heterocycles. The molecule has 0 saturated carbocycles. The number of ketones is 1. The molecule has 0 aliphatic rings. The molecule has 0 spiro atoms. The molecule has 1 atom stereocenters. The molecule has 0 aromatic heterocycles. The number of hydrogen-bond acceptors (Lipinski definition) is 3. The largest absolute Gasteiger partial charge is 0.330 e. The van der Waals surface area contributed by atoms with Gasteiger partial charge in [-0.1, -0.05) is 32.9 Å². The molecule has 0 radical (unpaired) electrons. The molecule has 1 rings (SSSR count). The van der Waals surface area contributed by atoms with Crippen LogP contribution in [0.15, 0.2) is 29.2 Å². The number of nitrogens with two attached hydrogens (primary N) is 1. The molecule has 1 unspecified atom stereocenters. The molecule has 94 valence electrons. The van der Waals surface area contributed by atoms with Crippen LogP contribution >= 0.6 is 11.8 Å². The van der Waals surface area contributed by atoms with Crippen LogP contribution < -0.4 is 5.73 Å². The third kappa shape index (κ3) is 3.86. The first-order chi connectivity index (χ1) is 8.10. The molecule has 0 bridgehead atoms. The highest BCUT2D eigenvalue weighted by molar-refractivity contribution is 7.99. The fourth-order valence-electron chi connectivity index (χ4n) is 1.78. The zero-order chi connectivity index (χ0) is 12.8. The SMILES string of the molecule is CCSc1ccc(C(=O)C(CN)C(C)C)cc1. The number of thioether (sulfide) groups is 1. The van der Waals surface area contributed by atoms with Crippen molar-refractivity contribution in [3.05, 3.63) is 29.8 Å². The molecular formula is C14H21NOS. The van der Waals surface area contributed by atoms with Gasteiger partial charge >= 0.3 is 0 Å². The summed E-state index contributed by atoms with van der Waals surface area (Å²) in [5.41, 5.74) is 6.44. The Bertz CT molecular complexity index is 359. The van der Waals surface area contributed by atoms with Gasteiger partial charge in [-0.2, -0.15) is 0 Å². The van der Waals surface area contributed by atoms with Crippen molar-refractivity contribution in [2.45, 2.75) is 25.7 Å². The summed E-state index contributed by atoms with van der Waals surface area (Å²) in [4.78, 5) is 13.4. The minimum Gasteiger partial charge on any atom is -0.330 e. The number of carbonyl (C=O) groups is 1. The summed E-state index contributed by atoms with van der Waals surface area (Å²) in [7, 11) is 0. The topological polar surface area (TPSA) is 43.1 Å². The molecule has 0 fully saturated rings. The second-order valence-electron chi connectivity index (χ2n) is 4.41. The van der Waals surface area contributed by atoms with Crippen LogP contribution in [0.3, 0.4) is 0 Å². The Labute approximate surface area is 108 Å². The van der Waals surface area contributed by atoms with Gasteiger partial charge in [-0.3, -0.25) is 4.79 Å². The summed E-state index contributed by atoms with van der Waals surface area (Å²) in [5.74, 6) is 1.43. The van der Waals surface area contributed by atoms with Crippen molar-refractivity contribution in [3.8, 4) is 0 Å². The summed E-state index contributed by atoms with van der Waals surface area (Å²) in [6.07, 6.45) is 0. The number of Topliss-reactive ketones (excluding diaryl/α,β-unsaturated/α-hetero) is 1. The zero-order valence-corrected chi connectivity index (χ0v) is 11.6. The summed E-state index contributed by atoms with van der Waals surface area (Å²) < 4.78 is 0. The highest BCUT2D eigenvalue weighted by atomic mass is 32.2. The van der Waals surface area contributed by atoms with Crippen LogP contribution in [0.25, 0.3) is 0 Å². The van der Waals surface area contributed by atoms with Crippen molar-refractivity contribution >= 4 is 17.5 Å². The number of carbonyl (C=O) groups excluding carboxylic acids is 1. The molecule has 2 N–H and O–H groups in total. The molecule has 1 aromatic rings. The molecule has 0 amide bonds. The Balaban J connectivity index is 2.81. The van der Waals surface area contributed by atoms with Crippen molar-refractivity contribution < 1.29 is 4.79 Å². The smallest absolute Gasteiger partial charge is 0.167 e. The summed E-state index contributed by atoms with van der Waals surface area (Å²) in [6, 6.07) is 7.83. The van der Waals surface area contributed by atoms with Gasteiger partial charge < -0.3 is 5.73 Å². The van der Waals surface area contributed by atoms with E-state index in [1.807, 2.05) is 38.1 Å².